The average molecular weight is 379 g/mol. The van der Waals surface area contributed by atoms with Crippen molar-refractivity contribution in [2.24, 2.45) is 0 Å². The van der Waals surface area contributed by atoms with Crippen LogP contribution in [0, 0.1) is 6.92 Å². The second kappa shape index (κ2) is 6.86. The van der Waals surface area contributed by atoms with Crippen LogP contribution >= 0.6 is 11.3 Å². The molecule has 130 valence electrons. The third-order valence-electron chi connectivity index (χ3n) is 2.95. The Morgan fingerprint density at radius 3 is 2.52 bits per heavy atom. The van der Waals surface area contributed by atoms with Crippen LogP contribution in [0.15, 0.2) is 47.9 Å². The molecule has 0 aliphatic rings. The molecule has 3 aromatic rings. The Hall–Kier alpha value is -2.99. The minimum atomic E-state index is -3.74. The van der Waals surface area contributed by atoms with Crippen LogP contribution in [0.4, 0.5) is 14.9 Å². The van der Waals surface area contributed by atoms with Gasteiger partial charge in [-0.15, -0.1) is 10.2 Å². The third kappa shape index (κ3) is 4.10. The van der Waals surface area contributed by atoms with Crippen LogP contribution < -0.4 is 15.5 Å². The van der Waals surface area contributed by atoms with E-state index in [1.54, 1.807) is 25.1 Å². The fourth-order valence-electron chi connectivity index (χ4n) is 1.84. The molecule has 2 heterocycles. The Kier molecular flexibility index (Phi) is 4.63. The first-order valence-corrected chi connectivity index (χ1v) is 9.22. The molecule has 12 heteroatoms. The first-order chi connectivity index (χ1) is 11.9. The topological polar surface area (TPSA) is 131 Å². The number of nitrogens with zero attached hydrogens (tertiary/aromatic N) is 4. The predicted octanol–water partition coefficient (Wildman–Crippen LogP) is 1.62. The van der Waals surface area contributed by atoms with E-state index in [0.717, 1.165) is 11.3 Å². The number of hydrogen-bond donors (Lipinski definition) is 3. The highest BCUT2D eigenvalue weighted by atomic mass is 32.2. The molecule has 0 fully saturated rings. The van der Waals surface area contributed by atoms with E-state index >= 15 is 0 Å². The molecular weight excluding hydrogens is 366 g/mol. The lowest BCUT2D eigenvalue weighted by Gasteiger charge is -2.05. The highest BCUT2D eigenvalue weighted by Gasteiger charge is 2.18. The SMILES string of the molecule is Cc1nc(NS(=O)(=O)c2ccccc2)sc1NC(=O)Nn1cnnc1. The van der Waals surface area contributed by atoms with Gasteiger partial charge in [-0.05, 0) is 19.1 Å². The number of amides is 2. The Balaban J connectivity index is 1.71. The summed E-state index contributed by atoms with van der Waals surface area (Å²) in [6, 6.07) is 7.41. The van der Waals surface area contributed by atoms with E-state index in [2.05, 4.69) is 30.6 Å². The van der Waals surface area contributed by atoms with Gasteiger partial charge in [0.05, 0.1) is 10.6 Å². The third-order valence-corrected chi connectivity index (χ3v) is 5.42. The van der Waals surface area contributed by atoms with E-state index in [9.17, 15) is 13.2 Å². The van der Waals surface area contributed by atoms with Crippen LogP contribution in [0.1, 0.15) is 5.69 Å². The van der Waals surface area contributed by atoms with Crippen molar-refractivity contribution in [3.05, 3.63) is 48.7 Å². The zero-order valence-electron chi connectivity index (χ0n) is 12.9. The lowest BCUT2D eigenvalue weighted by molar-refractivity contribution is 0.260. The van der Waals surface area contributed by atoms with Crippen molar-refractivity contribution >= 4 is 37.5 Å². The molecule has 2 aromatic heterocycles. The van der Waals surface area contributed by atoms with Crippen LogP contribution in [0.5, 0.6) is 0 Å². The molecule has 0 bridgehead atoms. The van der Waals surface area contributed by atoms with Crippen molar-refractivity contribution in [1.29, 1.82) is 0 Å². The van der Waals surface area contributed by atoms with Gasteiger partial charge < -0.3 is 0 Å². The minimum Gasteiger partial charge on any atom is -0.296 e. The number of nitrogens with one attached hydrogen (secondary N) is 3. The molecule has 0 aliphatic heterocycles. The zero-order valence-corrected chi connectivity index (χ0v) is 14.5. The van der Waals surface area contributed by atoms with Gasteiger partial charge in [-0.1, -0.05) is 29.5 Å². The highest BCUT2D eigenvalue weighted by Crippen LogP contribution is 2.29. The van der Waals surface area contributed by atoms with Gasteiger partial charge in [-0.25, -0.2) is 28.3 Å². The predicted molar refractivity (Wildman–Crippen MR) is 92.5 cm³/mol. The van der Waals surface area contributed by atoms with Crippen molar-refractivity contribution in [3.8, 4) is 0 Å². The summed E-state index contributed by atoms with van der Waals surface area (Å²) in [6.07, 6.45) is 2.64. The van der Waals surface area contributed by atoms with Crippen molar-refractivity contribution in [2.75, 3.05) is 15.5 Å². The molecule has 0 unspecified atom stereocenters. The molecule has 1 aromatic carbocycles. The quantitative estimate of drug-likeness (QED) is 0.617. The monoisotopic (exact) mass is 379 g/mol. The van der Waals surface area contributed by atoms with Gasteiger partial charge in [0.2, 0.25) is 0 Å². The van der Waals surface area contributed by atoms with Gasteiger partial charge >= 0.3 is 6.03 Å². The number of sulfonamides is 1. The summed E-state index contributed by atoms with van der Waals surface area (Å²) in [5.41, 5.74) is 2.94. The van der Waals surface area contributed by atoms with Crippen molar-refractivity contribution < 1.29 is 13.2 Å². The maximum absolute atomic E-state index is 12.3. The molecular formula is C13H13N7O3S2. The number of urea groups is 1. The number of aromatic nitrogens is 4. The number of hydrogen-bond acceptors (Lipinski definition) is 7. The fraction of sp³-hybridized carbons (Fsp3) is 0.0769. The van der Waals surface area contributed by atoms with E-state index in [1.807, 2.05) is 0 Å². The molecule has 25 heavy (non-hydrogen) atoms. The summed E-state index contributed by atoms with van der Waals surface area (Å²) in [7, 11) is -3.74. The first kappa shape index (κ1) is 16.9. The number of carbonyl (C=O) groups is 1. The molecule has 0 spiro atoms. The standard InChI is InChI=1S/C13H13N7O3S2/c1-9-11(17-12(21)18-20-7-14-15-8-20)24-13(16-9)19-25(22,23)10-5-3-2-4-6-10/h2-8H,1H3,(H,16,19)(H2,17,18,21). The molecule has 0 radical (unpaired) electrons. The van der Waals surface area contributed by atoms with E-state index in [4.69, 9.17) is 0 Å². The zero-order chi connectivity index (χ0) is 17.9. The maximum atomic E-state index is 12.3. The molecule has 0 aliphatic carbocycles. The highest BCUT2D eigenvalue weighted by molar-refractivity contribution is 7.93. The van der Waals surface area contributed by atoms with Gasteiger partial charge in [0.1, 0.15) is 17.7 Å². The fourth-order valence-corrected chi connectivity index (χ4v) is 3.95. The van der Waals surface area contributed by atoms with Crippen LogP contribution in [-0.4, -0.2) is 34.3 Å². The molecule has 0 saturated carbocycles. The summed E-state index contributed by atoms with van der Waals surface area (Å²) in [5, 5.41) is 10.3. The smallest absolute Gasteiger partial charge is 0.296 e. The molecule has 0 saturated heterocycles. The Morgan fingerprint density at radius 2 is 1.84 bits per heavy atom. The maximum Gasteiger partial charge on any atom is 0.339 e. The van der Waals surface area contributed by atoms with E-state index in [1.165, 1.54) is 29.5 Å². The number of anilines is 2. The van der Waals surface area contributed by atoms with Crippen LogP contribution in [0.3, 0.4) is 0 Å². The lowest BCUT2D eigenvalue weighted by atomic mass is 10.4. The van der Waals surface area contributed by atoms with Gasteiger partial charge in [0, 0.05) is 0 Å². The summed E-state index contributed by atoms with van der Waals surface area (Å²) < 4.78 is 28.3. The second-order valence-electron chi connectivity index (χ2n) is 4.79. The Labute approximate surface area is 147 Å². The van der Waals surface area contributed by atoms with Crippen LogP contribution in [-0.2, 0) is 10.0 Å². The second-order valence-corrected chi connectivity index (χ2v) is 7.47. The first-order valence-electron chi connectivity index (χ1n) is 6.92. The molecule has 3 N–H and O–H groups in total. The van der Waals surface area contributed by atoms with Crippen LogP contribution in [0.2, 0.25) is 0 Å². The van der Waals surface area contributed by atoms with E-state index < -0.39 is 16.1 Å². The van der Waals surface area contributed by atoms with Crippen molar-refractivity contribution in [2.45, 2.75) is 11.8 Å². The Bertz CT molecular complexity index is 968. The van der Waals surface area contributed by atoms with Gasteiger partial charge in [0.25, 0.3) is 10.0 Å². The summed E-state index contributed by atoms with van der Waals surface area (Å²) in [6.45, 7) is 1.66. The molecule has 0 atom stereocenters. The van der Waals surface area contributed by atoms with Gasteiger partial charge in [-0.3, -0.25) is 10.0 Å². The van der Waals surface area contributed by atoms with Crippen LogP contribution in [0.25, 0.3) is 0 Å². The summed E-state index contributed by atoms with van der Waals surface area (Å²) in [4.78, 5) is 16.1. The minimum absolute atomic E-state index is 0.128. The van der Waals surface area contributed by atoms with Gasteiger partial charge in [0.15, 0.2) is 5.13 Å². The van der Waals surface area contributed by atoms with Gasteiger partial charge in [-0.2, -0.15) is 0 Å². The lowest BCUT2D eigenvalue weighted by Crippen LogP contribution is -2.26. The number of benzene rings is 1. The molecule has 3 rings (SSSR count). The van der Waals surface area contributed by atoms with Crippen molar-refractivity contribution in [3.63, 3.8) is 0 Å². The number of rotatable bonds is 5. The summed E-state index contributed by atoms with van der Waals surface area (Å²) in [5.74, 6) is 0. The van der Waals surface area contributed by atoms with E-state index in [-0.39, 0.29) is 10.0 Å². The molecule has 10 nitrogen and oxygen atoms in total. The molecule has 2 amide bonds. The Morgan fingerprint density at radius 1 is 1.16 bits per heavy atom. The van der Waals surface area contributed by atoms with E-state index in [0.29, 0.717) is 10.7 Å². The number of aryl methyl sites for hydroxylation is 1. The average Bonchev–Trinajstić information content (AvgIpc) is 3.18. The number of carbonyl (C=O) groups excluding carboxylic acids is 1. The number of thiazole rings is 1. The largest absolute Gasteiger partial charge is 0.339 e. The van der Waals surface area contributed by atoms with Crippen molar-refractivity contribution in [1.82, 2.24) is 19.9 Å². The summed E-state index contributed by atoms with van der Waals surface area (Å²) >= 11 is 1.01. The normalized spacial score (nSPS) is 11.1.